The molecule has 0 bridgehead atoms. The topological polar surface area (TPSA) is 75.7 Å². The number of carbonyl (C=O) groups excluding carboxylic acids is 3. The Balaban J connectivity index is 1.69. The van der Waals surface area contributed by atoms with Gasteiger partial charge >= 0.3 is 6.03 Å². The predicted octanol–water partition coefficient (Wildman–Crippen LogP) is 5.14. The molecular weight excluding hydrogens is 459 g/mol. The van der Waals surface area contributed by atoms with Gasteiger partial charge in [-0.05, 0) is 54.0 Å². The molecule has 3 aromatic carbocycles. The summed E-state index contributed by atoms with van der Waals surface area (Å²) in [4.78, 5) is 38.8. The van der Waals surface area contributed by atoms with E-state index in [-0.39, 0.29) is 22.1 Å². The highest BCUT2D eigenvalue weighted by Crippen LogP contribution is 2.30. The fourth-order valence-corrected chi connectivity index (χ4v) is 3.84. The number of ether oxygens (including phenoxy) is 1. The van der Waals surface area contributed by atoms with Crippen molar-refractivity contribution in [2.75, 3.05) is 11.5 Å². The number of rotatable bonds is 6. The fourth-order valence-electron chi connectivity index (χ4n) is 3.62. The maximum Gasteiger partial charge on any atom is 0.335 e. The molecule has 0 saturated carbocycles. The van der Waals surface area contributed by atoms with E-state index in [4.69, 9.17) is 16.3 Å². The molecule has 1 aliphatic heterocycles. The number of urea groups is 1. The third-order valence-corrected chi connectivity index (χ3v) is 5.56. The van der Waals surface area contributed by atoms with E-state index < -0.39 is 17.8 Å². The Morgan fingerprint density at radius 1 is 1.00 bits per heavy atom. The summed E-state index contributed by atoms with van der Waals surface area (Å²) in [6.07, 6.45) is 1.69. The van der Waals surface area contributed by atoms with E-state index in [1.165, 1.54) is 18.2 Å². The van der Waals surface area contributed by atoms with Crippen molar-refractivity contribution in [3.8, 4) is 5.75 Å². The third-order valence-electron chi connectivity index (χ3n) is 5.24. The van der Waals surface area contributed by atoms with Crippen LogP contribution in [-0.4, -0.2) is 24.5 Å². The SMILES string of the molecule is CCOc1cc(/C=C2\C(=O)NC(=O)N(c3ccccc3Cl)C2=O)ccc1Cc1ccccc1F. The van der Waals surface area contributed by atoms with Gasteiger partial charge in [0.15, 0.2) is 0 Å². The summed E-state index contributed by atoms with van der Waals surface area (Å²) in [7, 11) is 0. The minimum Gasteiger partial charge on any atom is -0.494 e. The van der Waals surface area contributed by atoms with Crippen LogP contribution in [0.2, 0.25) is 5.02 Å². The van der Waals surface area contributed by atoms with Crippen LogP contribution in [0.25, 0.3) is 6.08 Å². The number of nitrogens with zero attached hydrogens (tertiary/aromatic N) is 1. The van der Waals surface area contributed by atoms with Crippen LogP contribution < -0.4 is 15.0 Å². The van der Waals surface area contributed by atoms with Gasteiger partial charge in [0, 0.05) is 6.42 Å². The summed E-state index contributed by atoms with van der Waals surface area (Å²) in [5, 5.41) is 2.36. The Morgan fingerprint density at radius 3 is 2.47 bits per heavy atom. The van der Waals surface area contributed by atoms with Gasteiger partial charge in [0.2, 0.25) is 0 Å². The van der Waals surface area contributed by atoms with E-state index in [1.54, 1.807) is 54.6 Å². The molecule has 0 unspecified atom stereocenters. The number of barbiturate groups is 1. The molecule has 0 radical (unpaired) electrons. The van der Waals surface area contributed by atoms with E-state index in [9.17, 15) is 18.8 Å². The minimum atomic E-state index is -0.879. The smallest absolute Gasteiger partial charge is 0.335 e. The van der Waals surface area contributed by atoms with Gasteiger partial charge in [0.05, 0.1) is 17.3 Å². The van der Waals surface area contributed by atoms with Crippen molar-refractivity contribution in [2.24, 2.45) is 0 Å². The van der Waals surface area contributed by atoms with Gasteiger partial charge in [-0.3, -0.25) is 14.9 Å². The highest BCUT2D eigenvalue weighted by molar-refractivity contribution is 6.42. The van der Waals surface area contributed by atoms with Crippen LogP contribution in [0.4, 0.5) is 14.9 Å². The van der Waals surface area contributed by atoms with Crippen LogP contribution in [-0.2, 0) is 16.0 Å². The number of hydrogen-bond acceptors (Lipinski definition) is 4. The zero-order chi connectivity index (χ0) is 24.2. The number of amides is 4. The lowest BCUT2D eigenvalue weighted by molar-refractivity contribution is -0.122. The molecule has 0 aromatic heterocycles. The maximum atomic E-state index is 14.1. The normalized spacial score (nSPS) is 15.0. The van der Waals surface area contributed by atoms with Gasteiger partial charge < -0.3 is 4.74 Å². The summed E-state index contributed by atoms with van der Waals surface area (Å²) in [6.45, 7) is 2.20. The first-order valence-electron chi connectivity index (χ1n) is 10.5. The summed E-state index contributed by atoms with van der Waals surface area (Å²) in [5.41, 5.74) is 1.71. The molecule has 1 aliphatic rings. The molecule has 1 N–H and O–H groups in total. The molecule has 0 atom stereocenters. The van der Waals surface area contributed by atoms with Crippen LogP contribution in [0, 0.1) is 5.82 Å². The molecule has 6 nitrogen and oxygen atoms in total. The first-order chi connectivity index (χ1) is 16.4. The lowest BCUT2D eigenvalue weighted by Crippen LogP contribution is -2.54. The van der Waals surface area contributed by atoms with Crippen LogP contribution in [0.5, 0.6) is 5.75 Å². The van der Waals surface area contributed by atoms with Gasteiger partial charge in [-0.2, -0.15) is 0 Å². The molecule has 0 aliphatic carbocycles. The minimum absolute atomic E-state index is 0.167. The van der Waals surface area contributed by atoms with Crippen LogP contribution in [0.1, 0.15) is 23.6 Å². The second-order valence-electron chi connectivity index (χ2n) is 7.48. The van der Waals surface area contributed by atoms with E-state index in [1.807, 2.05) is 6.92 Å². The Bertz CT molecular complexity index is 1320. The van der Waals surface area contributed by atoms with Crippen molar-refractivity contribution >= 4 is 41.2 Å². The fraction of sp³-hybridized carbons (Fsp3) is 0.115. The second-order valence-corrected chi connectivity index (χ2v) is 7.88. The van der Waals surface area contributed by atoms with Gasteiger partial charge in [0.25, 0.3) is 11.8 Å². The average Bonchev–Trinajstić information content (AvgIpc) is 2.81. The number of imide groups is 2. The second kappa shape index (κ2) is 9.89. The number of hydrogen-bond donors (Lipinski definition) is 1. The van der Waals surface area contributed by atoms with E-state index >= 15 is 0 Å². The van der Waals surface area contributed by atoms with E-state index in [2.05, 4.69) is 5.32 Å². The van der Waals surface area contributed by atoms with Crippen molar-refractivity contribution < 1.29 is 23.5 Å². The van der Waals surface area contributed by atoms with Crippen LogP contribution in [0.15, 0.2) is 72.3 Å². The van der Waals surface area contributed by atoms with E-state index in [0.29, 0.717) is 29.9 Å². The van der Waals surface area contributed by atoms with Crippen molar-refractivity contribution in [1.29, 1.82) is 0 Å². The maximum absolute atomic E-state index is 14.1. The lowest BCUT2D eigenvalue weighted by atomic mass is 10.00. The first kappa shape index (κ1) is 23.2. The number of halogens is 2. The molecule has 4 rings (SSSR count). The number of carbonyl (C=O) groups is 3. The number of para-hydroxylation sites is 1. The summed E-state index contributed by atoms with van der Waals surface area (Å²) in [6, 6.07) is 17.1. The van der Waals surface area contributed by atoms with Gasteiger partial charge in [-0.1, -0.05) is 54.1 Å². The average molecular weight is 479 g/mol. The standard InChI is InChI=1S/C26H20ClFN2O4/c1-2-34-23-14-16(11-12-18(23)15-17-7-3-5-9-21(17)28)13-19-24(31)29-26(33)30(25(19)32)22-10-6-4-8-20(22)27/h3-14H,2,15H2,1H3,(H,29,31,33)/b19-13+. The molecule has 1 saturated heterocycles. The van der Waals surface area contributed by atoms with Gasteiger partial charge in [-0.25, -0.2) is 14.1 Å². The lowest BCUT2D eigenvalue weighted by Gasteiger charge is -2.27. The predicted molar refractivity (Wildman–Crippen MR) is 127 cm³/mol. The van der Waals surface area contributed by atoms with Gasteiger partial charge in [0.1, 0.15) is 17.1 Å². The zero-order valence-corrected chi connectivity index (χ0v) is 18.9. The Labute approximate surface area is 200 Å². The molecule has 0 spiro atoms. The Kier molecular flexibility index (Phi) is 6.75. The summed E-state index contributed by atoms with van der Waals surface area (Å²) in [5.74, 6) is -1.42. The monoisotopic (exact) mass is 478 g/mol. The zero-order valence-electron chi connectivity index (χ0n) is 18.2. The number of nitrogens with one attached hydrogen (secondary N) is 1. The highest BCUT2D eigenvalue weighted by Gasteiger charge is 2.37. The van der Waals surface area contributed by atoms with Crippen molar-refractivity contribution in [1.82, 2.24) is 5.32 Å². The van der Waals surface area contributed by atoms with E-state index in [0.717, 1.165) is 10.5 Å². The largest absolute Gasteiger partial charge is 0.494 e. The molecule has 172 valence electrons. The Hall–Kier alpha value is -3.97. The molecule has 1 heterocycles. The summed E-state index contributed by atoms with van der Waals surface area (Å²) < 4.78 is 19.9. The molecule has 1 fully saturated rings. The first-order valence-corrected chi connectivity index (χ1v) is 10.9. The van der Waals surface area contributed by atoms with Crippen molar-refractivity contribution in [3.63, 3.8) is 0 Å². The molecule has 8 heteroatoms. The molecule has 34 heavy (non-hydrogen) atoms. The van der Waals surface area contributed by atoms with Crippen molar-refractivity contribution in [2.45, 2.75) is 13.3 Å². The van der Waals surface area contributed by atoms with Gasteiger partial charge in [-0.15, -0.1) is 0 Å². The highest BCUT2D eigenvalue weighted by atomic mass is 35.5. The Morgan fingerprint density at radius 2 is 1.74 bits per heavy atom. The molecule has 3 aromatic rings. The molecule has 4 amide bonds. The van der Waals surface area contributed by atoms with Crippen molar-refractivity contribution in [3.05, 3.63) is 99.8 Å². The number of anilines is 1. The third kappa shape index (κ3) is 4.70. The quantitative estimate of drug-likeness (QED) is 0.393. The summed E-state index contributed by atoms with van der Waals surface area (Å²) >= 11 is 6.16. The molecular formula is C26H20ClFN2O4. The van der Waals surface area contributed by atoms with Crippen LogP contribution >= 0.6 is 11.6 Å². The van der Waals surface area contributed by atoms with Crippen LogP contribution in [0.3, 0.4) is 0 Å². The number of benzene rings is 3.